The van der Waals surface area contributed by atoms with Crippen LogP contribution in [0.3, 0.4) is 0 Å². The Bertz CT molecular complexity index is 494. The van der Waals surface area contributed by atoms with Crippen molar-refractivity contribution in [3.8, 4) is 17.2 Å². The second-order valence-corrected chi connectivity index (χ2v) is 4.12. The summed E-state index contributed by atoms with van der Waals surface area (Å²) in [6.07, 6.45) is 1.80. The molecule has 0 radical (unpaired) electrons. The Morgan fingerprint density at radius 3 is 2.58 bits per heavy atom. The molecule has 0 aliphatic heterocycles. The standard InChI is InChI=1S/C14H18N2O3/c1-3-4-13-15-16-14(19-13)11-5-7-12(8-6-11)18-10-9-17-2/h5-8H,3-4,9-10H2,1-2H3. The molecule has 0 N–H and O–H groups in total. The predicted octanol–water partition coefficient (Wildman–Crippen LogP) is 2.71. The lowest BCUT2D eigenvalue weighted by molar-refractivity contribution is 0.146. The maximum absolute atomic E-state index is 5.57. The van der Waals surface area contributed by atoms with E-state index in [0.29, 0.717) is 25.0 Å². The summed E-state index contributed by atoms with van der Waals surface area (Å²) < 4.78 is 16.0. The lowest BCUT2D eigenvalue weighted by Gasteiger charge is -2.05. The van der Waals surface area contributed by atoms with Crippen LogP contribution in [0.2, 0.25) is 0 Å². The number of hydrogen-bond donors (Lipinski definition) is 0. The number of aryl methyl sites for hydroxylation is 1. The Balaban J connectivity index is 2.00. The lowest BCUT2D eigenvalue weighted by Crippen LogP contribution is -2.03. The van der Waals surface area contributed by atoms with Crippen LogP contribution >= 0.6 is 0 Å². The van der Waals surface area contributed by atoms with Gasteiger partial charge in [0, 0.05) is 19.1 Å². The van der Waals surface area contributed by atoms with E-state index in [-0.39, 0.29) is 0 Å². The molecule has 19 heavy (non-hydrogen) atoms. The average molecular weight is 262 g/mol. The minimum atomic E-state index is 0.539. The van der Waals surface area contributed by atoms with Gasteiger partial charge >= 0.3 is 0 Å². The molecule has 5 heteroatoms. The first-order chi connectivity index (χ1) is 9.33. The van der Waals surface area contributed by atoms with E-state index in [9.17, 15) is 0 Å². The molecule has 1 heterocycles. The molecule has 0 saturated heterocycles. The van der Waals surface area contributed by atoms with E-state index >= 15 is 0 Å². The SMILES string of the molecule is CCCc1nnc(-c2ccc(OCCOC)cc2)o1. The Hall–Kier alpha value is -1.88. The summed E-state index contributed by atoms with van der Waals surface area (Å²) in [6.45, 7) is 3.19. The van der Waals surface area contributed by atoms with Gasteiger partial charge in [-0.2, -0.15) is 0 Å². The predicted molar refractivity (Wildman–Crippen MR) is 71.1 cm³/mol. The molecular formula is C14H18N2O3. The first-order valence-corrected chi connectivity index (χ1v) is 6.38. The number of benzene rings is 1. The van der Waals surface area contributed by atoms with Crippen molar-refractivity contribution in [3.63, 3.8) is 0 Å². The van der Waals surface area contributed by atoms with E-state index in [0.717, 1.165) is 24.2 Å². The molecule has 1 aromatic heterocycles. The first kappa shape index (κ1) is 13.5. The molecule has 0 unspecified atom stereocenters. The van der Waals surface area contributed by atoms with Crippen molar-refractivity contribution in [2.75, 3.05) is 20.3 Å². The molecule has 0 atom stereocenters. The van der Waals surface area contributed by atoms with Crippen LogP contribution in [0.15, 0.2) is 28.7 Å². The highest BCUT2D eigenvalue weighted by atomic mass is 16.5. The largest absolute Gasteiger partial charge is 0.491 e. The molecule has 0 amide bonds. The second-order valence-electron chi connectivity index (χ2n) is 4.12. The van der Waals surface area contributed by atoms with Crippen LogP contribution in [0.4, 0.5) is 0 Å². The van der Waals surface area contributed by atoms with Crippen molar-refractivity contribution in [1.82, 2.24) is 10.2 Å². The number of rotatable bonds is 7. The maximum Gasteiger partial charge on any atom is 0.247 e. The number of aromatic nitrogens is 2. The van der Waals surface area contributed by atoms with Gasteiger partial charge in [0.05, 0.1) is 6.61 Å². The van der Waals surface area contributed by atoms with Gasteiger partial charge in [-0.3, -0.25) is 0 Å². The van der Waals surface area contributed by atoms with E-state index < -0.39 is 0 Å². The third kappa shape index (κ3) is 3.79. The average Bonchev–Trinajstić information content (AvgIpc) is 2.89. The molecule has 1 aromatic carbocycles. The molecule has 102 valence electrons. The van der Waals surface area contributed by atoms with Gasteiger partial charge in [-0.05, 0) is 30.7 Å². The molecule has 0 fully saturated rings. The van der Waals surface area contributed by atoms with Crippen LogP contribution in [0.5, 0.6) is 5.75 Å². The van der Waals surface area contributed by atoms with Gasteiger partial charge in [0.15, 0.2) is 0 Å². The fourth-order valence-electron chi connectivity index (χ4n) is 1.62. The zero-order valence-corrected chi connectivity index (χ0v) is 11.3. The van der Waals surface area contributed by atoms with Crippen molar-refractivity contribution < 1.29 is 13.9 Å². The van der Waals surface area contributed by atoms with Crippen LogP contribution < -0.4 is 4.74 Å². The van der Waals surface area contributed by atoms with Crippen LogP contribution in [0, 0.1) is 0 Å². The highest BCUT2D eigenvalue weighted by Crippen LogP contribution is 2.21. The monoisotopic (exact) mass is 262 g/mol. The Labute approximate surface area is 112 Å². The summed E-state index contributed by atoms with van der Waals surface area (Å²) in [7, 11) is 1.65. The van der Waals surface area contributed by atoms with E-state index in [1.54, 1.807) is 7.11 Å². The third-order valence-corrected chi connectivity index (χ3v) is 2.59. The molecule has 0 spiro atoms. The van der Waals surface area contributed by atoms with Crippen molar-refractivity contribution in [2.24, 2.45) is 0 Å². The van der Waals surface area contributed by atoms with Crippen molar-refractivity contribution in [1.29, 1.82) is 0 Å². The number of hydrogen-bond acceptors (Lipinski definition) is 5. The highest BCUT2D eigenvalue weighted by Gasteiger charge is 2.07. The molecule has 5 nitrogen and oxygen atoms in total. The van der Waals surface area contributed by atoms with Gasteiger partial charge in [0.25, 0.3) is 0 Å². The van der Waals surface area contributed by atoms with Crippen molar-refractivity contribution in [3.05, 3.63) is 30.2 Å². The minimum absolute atomic E-state index is 0.539. The highest BCUT2D eigenvalue weighted by molar-refractivity contribution is 5.53. The van der Waals surface area contributed by atoms with Crippen LogP contribution in [-0.2, 0) is 11.2 Å². The smallest absolute Gasteiger partial charge is 0.247 e. The van der Waals surface area contributed by atoms with E-state index in [4.69, 9.17) is 13.9 Å². The third-order valence-electron chi connectivity index (χ3n) is 2.59. The normalized spacial score (nSPS) is 10.6. The maximum atomic E-state index is 5.57. The zero-order chi connectivity index (χ0) is 13.5. The van der Waals surface area contributed by atoms with Gasteiger partial charge < -0.3 is 13.9 Å². The Morgan fingerprint density at radius 1 is 1.11 bits per heavy atom. The van der Waals surface area contributed by atoms with Crippen LogP contribution in [0.25, 0.3) is 11.5 Å². The summed E-state index contributed by atoms with van der Waals surface area (Å²) >= 11 is 0. The molecule has 0 aliphatic carbocycles. The Kier molecular flexibility index (Phi) is 4.92. The lowest BCUT2D eigenvalue weighted by atomic mass is 10.2. The van der Waals surface area contributed by atoms with Gasteiger partial charge in [0.1, 0.15) is 12.4 Å². The quantitative estimate of drug-likeness (QED) is 0.718. The van der Waals surface area contributed by atoms with Crippen LogP contribution in [-0.4, -0.2) is 30.5 Å². The molecule has 0 aliphatic rings. The summed E-state index contributed by atoms with van der Waals surface area (Å²) in [4.78, 5) is 0. The van der Waals surface area contributed by atoms with Gasteiger partial charge in [-0.25, -0.2) is 0 Å². The molecule has 2 rings (SSSR count). The molecular weight excluding hydrogens is 244 g/mol. The number of ether oxygens (including phenoxy) is 2. The molecule has 0 bridgehead atoms. The van der Waals surface area contributed by atoms with E-state index in [2.05, 4.69) is 17.1 Å². The topological polar surface area (TPSA) is 57.4 Å². The van der Waals surface area contributed by atoms with Crippen molar-refractivity contribution >= 4 is 0 Å². The number of methoxy groups -OCH3 is 1. The minimum Gasteiger partial charge on any atom is -0.491 e. The number of nitrogens with zero attached hydrogens (tertiary/aromatic N) is 2. The summed E-state index contributed by atoms with van der Waals surface area (Å²) in [5, 5.41) is 8.03. The van der Waals surface area contributed by atoms with Crippen LogP contribution in [0.1, 0.15) is 19.2 Å². The van der Waals surface area contributed by atoms with Crippen molar-refractivity contribution in [2.45, 2.75) is 19.8 Å². The van der Waals surface area contributed by atoms with E-state index in [1.165, 1.54) is 0 Å². The first-order valence-electron chi connectivity index (χ1n) is 6.38. The summed E-state index contributed by atoms with van der Waals surface area (Å²) in [5.41, 5.74) is 0.897. The fraction of sp³-hybridized carbons (Fsp3) is 0.429. The fourth-order valence-corrected chi connectivity index (χ4v) is 1.62. The van der Waals surface area contributed by atoms with Gasteiger partial charge in [-0.1, -0.05) is 6.92 Å². The Morgan fingerprint density at radius 2 is 1.89 bits per heavy atom. The van der Waals surface area contributed by atoms with Gasteiger partial charge in [0.2, 0.25) is 11.8 Å². The second kappa shape index (κ2) is 6.89. The van der Waals surface area contributed by atoms with E-state index in [1.807, 2.05) is 24.3 Å². The molecule has 2 aromatic rings. The summed E-state index contributed by atoms with van der Waals surface area (Å²) in [5.74, 6) is 2.03. The zero-order valence-electron chi connectivity index (χ0n) is 11.3. The summed E-state index contributed by atoms with van der Waals surface area (Å²) in [6, 6.07) is 7.58. The van der Waals surface area contributed by atoms with Gasteiger partial charge in [-0.15, -0.1) is 10.2 Å². The molecule has 0 saturated carbocycles.